The van der Waals surface area contributed by atoms with Crippen LogP contribution in [0, 0.1) is 20.8 Å². The molecule has 0 aliphatic carbocycles. The minimum Gasteiger partial charge on any atom is -0.503 e. The van der Waals surface area contributed by atoms with E-state index in [-0.39, 0.29) is 5.43 Å². The smallest absolute Gasteiger partial charge is 0.290 e. The molecule has 0 saturated heterocycles. The zero-order chi connectivity index (χ0) is 12.7. The highest BCUT2D eigenvalue weighted by Gasteiger charge is 2.08. The Labute approximate surface area is 97.6 Å². The highest BCUT2D eigenvalue weighted by atomic mass is 16.3. The standard InChI is InChI=1S/C13H13NO3/c1-6-4-9-12(8(3)7(6)2)10(15)5-11(16)13(17)14-9/h4-5,16H,1-3H3,(H,14,17). The quantitative estimate of drug-likeness (QED) is 0.722. The predicted octanol–water partition coefficient (Wildman–Crippen LogP) is 1.52. The number of aryl methyl sites for hydroxylation is 2. The third kappa shape index (κ3) is 1.71. The summed E-state index contributed by atoms with van der Waals surface area (Å²) in [7, 11) is 0. The number of aromatic amines is 1. The van der Waals surface area contributed by atoms with Crippen LogP contribution >= 0.6 is 0 Å². The van der Waals surface area contributed by atoms with Crippen LogP contribution in [0.3, 0.4) is 0 Å². The van der Waals surface area contributed by atoms with Crippen molar-refractivity contribution in [3.8, 4) is 5.75 Å². The second-order valence-corrected chi connectivity index (χ2v) is 4.21. The molecule has 1 heterocycles. The maximum absolute atomic E-state index is 11.9. The monoisotopic (exact) mass is 231 g/mol. The van der Waals surface area contributed by atoms with E-state index >= 15 is 0 Å². The van der Waals surface area contributed by atoms with Crippen LogP contribution in [-0.2, 0) is 0 Å². The van der Waals surface area contributed by atoms with Gasteiger partial charge in [-0.3, -0.25) is 9.59 Å². The molecule has 0 spiro atoms. The summed E-state index contributed by atoms with van der Waals surface area (Å²) in [5.74, 6) is -0.555. The Balaban J connectivity index is 3.20. The van der Waals surface area contributed by atoms with Gasteiger partial charge in [-0.15, -0.1) is 0 Å². The van der Waals surface area contributed by atoms with E-state index in [2.05, 4.69) is 4.98 Å². The molecular formula is C13H13NO3. The van der Waals surface area contributed by atoms with Gasteiger partial charge in [0, 0.05) is 11.5 Å². The van der Waals surface area contributed by atoms with Crippen molar-refractivity contribution in [2.24, 2.45) is 0 Å². The van der Waals surface area contributed by atoms with Gasteiger partial charge in [0.15, 0.2) is 11.2 Å². The molecule has 4 nitrogen and oxygen atoms in total. The summed E-state index contributed by atoms with van der Waals surface area (Å²) in [4.78, 5) is 25.9. The van der Waals surface area contributed by atoms with E-state index in [0.717, 1.165) is 22.8 Å². The molecule has 1 aromatic carbocycles. The normalized spacial score (nSPS) is 10.8. The molecular weight excluding hydrogens is 218 g/mol. The van der Waals surface area contributed by atoms with Gasteiger partial charge in [-0.05, 0) is 43.5 Å². The molecule has 17 heavy (non-hydrogen) atoms. The number of benzene rings is 1. The van der Waals surface area contributed by atoms with Crippen LogP contribution in [0.2, 0.25) is 0 Å². The maximum Gasteiger partial charge on any atom is 0.290 e. The van der Waals surface area contributed by atoms with Gasteiger partial charge in [0.05, 0.1) is 5.52 Å². The minimum absolute atomic E-state index is 0.351. The summed E-state index contributed by atoms with van der Waals surface area (Å²) in [6.07, 6.45) is 0. The zero-order valence-electron chi connectivity index (χ0n) is 9.92. The van der Waals surface area contributed by atoms with E-state index in [1.807, 2.05) is 20.8 Å². The molecule has 1 aromatic heterocycles. The van der Waals surface area contributed by atoms with Crippen LogP contribution in [0.1, 0.15) is 16.7 Å². The van der Waals surface area contributed by atoms with Gasteiger partial charge in [0.2, 0.25) is 0 Å². The average molecular weight is 231 g/mol. The van der Waals surface area contributed by atoms with E-state index in [4.69, 9.17) is 0 Å². The molecule has 0 radical (unpaired) electrons. The van der Waals surface area contributed by atoms with E-state index in [1.165, 1.54) is 0 Å². The van der Waals surface area contributed by atoms with Crippen molar-refractivity contribution in [3.05, 3.63) is 49.4 Å². The lowest BCUT2D eigenvalue weighted by atomic mass is 10.00. The lowest BCUT2D eigenvalue weighted by molar-refractivity contribution is 0.468. The van der Waals surface area contributed by atoms with Crippen LogP contribution in [0.5, 0.6) is 5.75 Å². The second-order valence-electron chi connectivity index (χ2n) is 4.21. The summed E-state index contributed by atoms with van der Waals surface area (Å²) in [5, 5.41) is 9.81. The fraction of sp³-hybridized carbons (Fsp3) is 0.231. The first-order chi connectivity index (χ1) is 7.91. The maximum atomic E-state index is 11.9. The van der Waals surface area contributed by atoms with Gasteiger partial charge >= 0.3 is 0 Å². The summed E-state index contributed by atoms with van der Waals surface area (Å²) < 4.78 is 0. The van der Waals surface area contributed by atoms with Crippen molar-refractivity contribution in [2.75, 3.05) is 0 Å². The topological polar surface area (TPSA) is 70.2 Å². The molecule has 0 aliphatic rings. The van der Waals surface area contributed by atoms with Gasteiger partial charge in [-0.2, -0.15) is 0 Å². The average Bonchev–Trinajstić information content (AvgIpc) is 2.34. The molecule has 2 rings (SSSR count). The Bertz CT molecular complexity index is 729. The first kappa shape index (κ1) is 11.4. The number of hydrogen-bond acceptors (Lipinski definition) is 3. The molecule has 0 saturated carbocycles. The third-order valence-corrected chi connectivity index (χ3v) is 3.15. The number of fused-ring (bicyclic) bond motifs is 1. The molecule has 0 aliphatic heterocycles. The number of H-pyrrole nitrogens is 1. The van der Waals surface area contributed by atoms with Crippen molar-refractivity contribution in [1.82, 2.24) is 4.98 Å². The van der Waals surface area contributed by atoms with Gasteiger partial charge in [0.1, 0.15) is 0 Å². The van der Waals surface area contributed by atoms with Crippen LogP contribution in [0.25, 0.3) is 10.9 Å². The Kier molecular flexibility index (Phi) is 2.50. The lowest BCUT2D eigenvalue weighted by Gasteiger charge is -2.06. The molecule has 0 unspecified atom stereocenters. The Morgan fingerprint density at radius 3 is 2.35 bits per heavy atom. The predicted molar refractivity (Wildman–Crippen MR) is 66.7 cm³/mol. The Morgan fingerprint density at radius 1 is 1.06 bits per heavy atom. The van der Waals surface area contributed by atoms with Crippen LogP contribution < -0.4 is 11.0 Å². The van der Waals surface area contributed by atoms with Crippen LogP contribution in [-0.4, -0.2) is 10.1 Å². The second kappa shape index (κ2) is 3.73. The number of nitrogens with one attached hydrogen (secondary N) is 1. The third-order valence-electron chi connectivity index (χ3n) is 3.15. The molecule has 4 heteroatoms. The van der Waals surface area contributed by atoms with Crippen molar-refractivity contribution >= 4 is 10.9 Å². The summed E-state index contributed by atoms with van der Waals surface area (Å²) >= 11 is 0. The number of hydrogen-bond donors (Lipinski definition) is 2. The molecule has 0 bridgehead atoms. The molecule has 0 fully saturated rings. The number of rotatable bonds is 0. The van der Waals surface area contributed by atoms with E-state index in [0.29, 0.717) is 10.9 Å². The van der Waals surface area contributed by atoms with E-state index in [9.17, 15) is 14.7 Å². The summed E-state index contributed by atoms with van der Waals surface area (Å²) in [5.41, 5.74) is 2.30. The van der Waals surface area contributed by atoms with Crippen molar-refractivity contribution in [1.29, 1.82) is 0 Å². The van der Waals surface area contributed by atoms with E-state index in [1.54, 1.807) is 6.07 Å². The lowest BCUT2D eigenvalue weighted by Crippen LogP contribution is -2.01. The van der Waals surface area contributed by atoms with Crippen molar-refractivity contribution < 1.29 is 5.11 Å². The molecule has 2 N–H and O–H groups in total. The first-order valence-electron chi connectivity index (χ1n) is 5.29. The highest BCUT2D eigenvalue weighted by Crippen LogP contribution is 2.19. The van der Waals surface area contributed by atoms with Crippen LogP contribution in [0.15, 0.2) is 21.7 Å². The molecule has 88 valence electrons. The molecule has 0 amide bonds. The van der Waals surface area contributed by atoms with Gasteiger partial charge in [-0.25, -0.2) is 0 Å². The Morgan fingerprint density at radius 2 is 1.71 bits per heavy atom. The van der Waals surface area contributed by atoms with Crippen LogP contribution in [0.4, 0.5) is 0 Å². The number of aromatic nitrogens is 1. The zero-order valence-corrected chi connectivity index (χ0v) is 9.92. The molecule has 2 aromatic rings. The van der Waals surface area contributed by atoms with Gasteiger partial charge in [0.25, 0.3) is 5.56 Å². The van der Waals surface area contributed by atoms with Gasteiger partial charge < -0.3 is 10.1 Å². The summed E-state index contributed by atoms with van der Waals surface area (Å²) in [6, 6.07) is 2.71. The van der Waals surface area contributed by atoms with E-state index < -0.39 is 11.3 Å². The Hall–Kier alpha value is -2.10. The fourth-order valence-electron chi connectivity index (χ4n) is 1.95. The van der Waals surface area contributed by atoms with Gasteiger partial charge in [-0.1, -0.05) is 0 Å². The highest BCUT2D eigenvalue weighted by molar-refractivity contribution is 5.83. The van der Waals surface area contributed by atoms with Crippen molar-refractivity contribution in [2.45, 2.75) is 20.8 Å². The molecule has 0 atom stereocenters. The fourth-order valence-corrected chi connectivity index (χ4v) is 1.95. The van der Waals surface area contributed by atoms with Crippen molar-refractivity contribution in [3.63, 3.8) is 0 Å². The largest absolute Gasteiger partial charge is 0.503 e. The summed E-state index contributed by atoms with van der Waals surface area (Å²) in [6.45, 7) is 5.67. The first-order valence-corrected chi connectivity index (χ1v) is 5.29. The number of aromatic hydroxyl groups is 1. The minimum atomic E-state index is -0.653. The SMILES string of the molecule is Cc1cc2[nH]c(=O)c(O)cc(=O)c2c(C)c1C.